The van der Waals surface area contributed by atoms with Gasteiger partial charge in [0, 0.05) is 12.3 Å². The van der Waals surface area contributed by atoms with Crippen LogP contribution >= 0.6 is 22.4 Å². The zero-order valence-electron chi connectivity index (χ0n) is 15.0. The van der Waals surface area contributed by atoms with E-state index in [1.54, 1.807) is 0 Å². The topological polar surface area (TPSA) is 247 Å². The highest BCUT2D eigenvalue weighted by Gasteiger charge is 2.63. The van der Waals surface area contributed by atoms with Gasteiger partial charge in [0.1, 0.15) is 18.3 Å². The van der Waals surface area contributed by atoms with Crippen LogP contribution < -0.4 is 11.2 Å². The smallest absolute Gasteiger partial charge is 0.384 e. The summed E-state index contributed by atoms with van der Waals surface area (Å²) in [4.78, 5) is 60.8. The number of aromatic amines is 1. The summed E-state index contributed by atoms with van der Waals surface area (Å²) in [6.07, 6.45) is -3.56. The first-order valence-electron chi connectivity index (χ1n) is 7.65. The number of aliphatic hydroxyl groups is 2. The number of H-pyrrole nitrogens is 1. The summed E-state index contributed by atoms with van der Waals surface area (Å²) in [6.45, 7) is -5.64. The minimum Gasteiger partial charge on any atom is -0.384 e. The maximum Gasteiger partial charge on any atom is 0.488 e. The third kappa shape index (κ3) is 6.43. The molecule has 178 valence electrons. The molecular formula is C10H16FN2O14P3S. The minimum atomic E-state index is -5.68. The molecule has 0 saturated carbocycles. The first-order chi connectivity index (χ1) is 13.8. The molecule has 0 bridgehead atoms. The van der Waals surface area contributed by atoms with Crippen molar-refractivity contribution in [1.29, 1.82) is 0 Å². The molecule has 3 unspecified atom stereocenters. The van der Waals surface area contributed by atoms with Crippen LogP contribution in [0.5, 0.6) is 0 Å². The number of phosphoric acid groups is 2. The number of aliphatic hydroxyl groups excluding tert-OH is 1. The molecule has 0 spiro atoms. The van der Waals surface area contributed by atoms with Crippen molar-refractivity contribution in [2.45, 2.75) is 30.7 Å². The van der Waals surface area contributed by atoms with Gasteiger partial charge in [-0.15, -0.1) is 0 Å². The van der Waals surface area contributed by atoms with E-state index in [1.807, 2.05) is 4.98 Å². The van der Waals surface area contributed by atoms with Gasteiger partial charge < -0.3 is 39.0 Å². The van der Waals surface area contributed by atoms with Crippen LogP contribution in [-0.4, -0.2) is 63.5 Å². The zero-order valence-corrected chi connectivity index (χ0v) is 18.5. The Morgan fingerprint density at radius 1 is 1.29 bits per heavy atom. The predicted molar refractivity (Wildman–Crippen MR) is 98.4 cm³/mol. The van der Waals surface area contributed by atoms with Gasteiger partial charge in [-0.1, -0.05) is 0 Å². The molecular weight excluding hydrogens is 516 g/mol. The fourth-order valence-electron chi connectivity index (χ4n) is 2.48. The van der Waals surface area contributed by atoms with Gasteiger partial charge in [0.25, 0.3) is 11.4 Å². The maximum atomic E-state index is 15.2. The van der Waals surface area contributed by atoms with Crippen molar-refractivity contribution in [3.05, 3.63) is 33.1 Å². The Morgan fingerprint density at radius 3 is 2.39 bits per heavy atom. The average molecular weight is 532 g/mol. The average Bonchev–Trinajstić information content (AvgIpc) is 2.71. The summed E-state index contributed by atoms with van der Waals surface area (Å²) >= 11 is 4.31. The molecule has 1 saturated heterocycles. The Hall–Kier alpha value is -0.680. The molecule has 0 aromatic carbocycles. The van der Waals surface area contributed by atoms with Crippen molar-refractivity contribution >= 4 is 34.2 Å². The summed E-state index contributed by atoms with van der Waals surface area (Å²) in [5.41, 5.74) is -4.48. The molecule has 6 atom stereocenters. The van der Waals surface area contributed by atoms with Crippen LogP contribution in [0, 0.1) is 0 Å². The number of hydrogen-bond acceptors (Lipinski definition) is 11. The van der Waals surface area contributed by atoms with Crippen molar-refractivity contribution in [3.63, 3.8) is 0 Å². The van der Waals surface area contributed by atoms with E-state index in [4.69, 9.17) is 14.5 Å². The lowest BCUT2D eigenvalue weighted by Crippen LogP contribution is -2.50. The van der Waals surface area contributed by atoms with Crippen molar-refractivity contribution in [3.8, 4) is 0 Å². The lowest BCUT2D eigenvalue weighted by Gasteiger charge is -2.28. The summed E-state index contributed by atoms with van der Waals surface area (Å²) in [7, 11) is -11.2. The molecule has 1 aromatic rings. The molecule has 31 heavy (non-hydrogen) atoms. The molecule has 7 N–H and O–H groups in total. The summed E-state index contributed by atoms with van der Waals surface area (Å²) < 4.78 is 54.4. The van der Waals surface area contributed by atoms with Gasteiger partial charge in [-0.05, 0) is 18.7 Å². The third-order valence-corrected chi connectivity index (χ3v) is 8.41. The number of nitrogens with zero attached hydrogens (tertiary/aromatic N) is 1. The van der Waals surface area contributed by atoms with Crippen molar-refractivity contribution in [2.24, 2.45) is 0 Å². The molecule has 0 radical (unpaired) electrons. The monoisotopic (exact) mass is 532 g/mol. The second-order valence-corrected chi connectivity index (χ2v) is 12.1. The van der Waals surface area contributed by atoms with E-state index in [-0.39, 0.29) is 0 Å². The second-order valence-electron chi connectivity index (χ2n) is 6.27. The van der Waals surface area contributed by atoms with E-state index in [0.29, 0.717) is 4.57 Å². The molecule has 16 nitrogen and oxygen atoms in total. The Bertz CT molecular complexity index is 1100. The largest absolute Gasteiger partial charge is 0.488 e. The van der Waals surface area contributed by atoms with E-state index in [0.717, 1.165) is 19.2 Å². The highest BCUT2D eigenvalue weighted by atomic mass is 32.5. The molecule has 1 aliphatic heterocycles. The standard InChI is InChI=1S/C10H16FN2O14P3S/c1-9(17)6(15)10(11,25-7(9)13-3-2-5(14)12-8(13)16)4-24-30(23,31)27-29(21,22)26-28(18,19)20/h2-3,6-7,15,17H,4H2,1H3,(H,21,22)(H,23,31)(H,12,14,16)(H2,18,19,20)/t6-,7?,9+,10+,30?/m0/s1. The Labute approximate surface area is 175 Å². The quantitative estimate of drug-likeness (QED) is 0.184. The lowest BCUT2D eigenvalue weighted by atomic mass is 9.95. The van der Waals surface area contributed by atoms with Crippen LogP contribution in [-0.2, 0) is 38.8 Å². The number of nitrogens with one attached hydrogen (secondary N) is 1. The fraction of sp³-hybridized carbons (Fsp3) is 0.600. The van der Waals surface area contributed by atoms with Crippen LogP contribution in [0.4, 0.5) is 4.39 Å². The van der Waals surface area contributed by atoms with Crippen LogP contribution in [0.1, 0.15) is 13.2 Å². The van der Waals surface area contributed by atoms with E-state index in [9.17, 15) is 38.7 Å². The van der Waals surface area contributed by atoms with Crippen molar-refractivity contribution in [1.82, 2.24) is 9.55 Å². The van der Waals surface area contributed by atoms with Crippen LogP contribution in [0.15, 0.2) is 21.9 Å². The molecule has 1 aromatic heterocycles. The normalized spacial score (nSPS) is 33.0. The van der Waals surface area contributed by atoms with Gasteiger partial charge in [0.2, 0.25) is 0 Å². The molecule has 21 heteroatoms. The lowest BCUT2D eigenvalue weighted by molar-refractivity contribution is -0.204. The van der Waals surface area contributed by atoms with Gasteiger partial charge in [0.15, 0.2) is 6.23 Å². The van der Waals surface area contributed by atoms with Crippen LogP contribution in [0.2, 0.25) is 0 Å². The molecule has 0 aliphatic carbocycles. The Kier molecular flexibility index (Phi) is 7.36. The molecule has 1 aliphatic rings. The Morgan fingerprint density at radius 2 is 1.87 bits per heavy atom. The number of alkyl halides is 1. The van der Waals surface area contributed by atoms with Crippen molar-refractivity contribution < 1.29 is 61.2 Å². The Balaban J connectivity index is 2.22. The summed E-state index contributed by atoms with van der Waals surface area (Å²) in [5, 5.41) is 20.6. The number of halogens is 1. The third-order valence-electron chi connectivity index (χ3n) is 3.71. The molecule has 2 rings (SSSR count). The first-order valence-corrected chi connectivity index (χ1v) is 13.3. The molecule has 2 heterocycles. The number of rotatable bonds is 8. The van der Waals surface area contributed by atoms with Crippen LogP contribution in [0.3, 0.4) is 0 Å². The first kappa shape index (κ1) is 26.6. The summed E-state index contributed by atoms with van der Waals surface area (Å²) in [6, 6.07) is 0.836. The van der Waals surface area contributed by atoms with Crippen molar-refractivity contribution in [2.75, 3.05) is 6.61 Å². The van der Waals surface area contributed by atoms with Gasteiger partial charge in [-0.2, -0.15) is 4.31 Å². The molecule has 1 fully saturated rings. The maximum absolute atomic E-state index is 15.2. The van der Waals surface area contributed by atoms with Gasteiger partial charge in [-0.25, -0.2) is 22.6 Å². The highest BCUT2D eigenvalue weighted by molar-refractivity contribution is 8.08. The van der Waals surface area contributed by atoms with Crippen LogP contribution in [0.25, 0.3) is 0 Å². The van der Waals surface area contributed by atoms with E-state index in [2.05, 4.69) is 25.0 Å². The van der Waals surface area contributed by atoms with Gasteiger partial charge >= 0.3 is 28.1 Å². The number of hydrogen-bond donors (Lipinski definition) is 7. The predicted octanol–water partition coefficient (Wildman–Crippen LogP) is -1.70. The minimum absolute atomic E-state index is 0.535. The van der Waals surface area contributed by atoms with E-state index >= 15 is 4.39 Å². The van der Waals surface area contributed by atoms with Gasteiger partial charge in [0.05, 0.1) is 0 Å². The second kappa shape index (κ2) is 8.59. The fourth-order valence-corrected chi connectivity index (χ4v) is 6.43. The number of aromatic nitrogens is 2. The SMILES string of the molecule is C[C@]1(O)C(n2ccc(=O)[nH]c2=O)O[C@](F)(COP(O)(=S)OP(=O)(O)OP(=O)(O)O)[C@H]1O. The highest BCUT2D eigenvalue weighted by Crippen LogP contribution is 2.66. The van der Waals surface area contributed by atoms with E-state index in [1.165, 1.54) is 0 Å². The molecule has 0 amide bonds. The van der Waals surface area contributed by atoms with E-state index < -0.39 is 64.0 Å². The van der Waals surface area contributed by atoms with Gasteiger partial charge in [-0.3, -0.25) is 14.3 Å². The summed E-state index contributed by atoms with van der Waals surface area (Å²) in [5.74, 6) is -3.40. The number of ether oxygens (including phenoxy) is 1. The zero-order chi connectivity index (χ0) is 24.0.